The van der Waals surface area contributed by atoms with Gasteiger partial charge >= 0.3 is 6.18 Å². The lowest BCUT2D eigenvalue weighted by atomic mass is 9.97. The molecule has 0 amide bonds. The Morgan fingerprint density at radius 1 is 1.21 bits per heavy atom. The largest absolute Gasteiger partial charge is 0.481 e. The second-order valence-corrected chi connectivity index (χ2v) is 8.23. The van der Waals surface area contributed by atoms with E-state index in [-0.39, 0.29) is 12.3 Å². The van der Waals surface area contributed by atoms with Crippen LogP contribution in [0, 0.1) is 6.92 Å². The lowest BCUT2D eigenvalue weighted by molar-refractivity contribution is -0.137. The number of rotatable bonds is 5. The van der Waals surface area contributed by atoms with E-state index < -0.39 is 17.8 Å². The van der Waals surface area contributed by atoms with Crippen molar-refractivity contribution in [2.45, 2.75) is 25.6 Å². The van der Waals surface area contributed by atoms with Crippen LogP contribution in [0.4, 0.5) is 13.2 Å². The average molecular weight is 476 g/mol. The molecule has 0 fully saturated rings. The van der Waals surface area contributed by atoms with Crippen LogP contribution in [0.5, 0.6) is 5.88 Å². The highest BCUT2D eigenvalue weighted by Crippen LogP contribution is 2.38. The molecule has 2 aromatic carbocycles. The van der Waals surface area contributed by atoms with E-state index in [0.29, 0.717) is 38.3 Å². The fraction of sp³-hybridized carbons (Fsp3) is 0.250. The van der Waals surface area contributed by atoms with Crippen molar-refractivity contribution in [2.75, 3.05) is 7.11 Å². The van der Waals surface area contributed by atoms with Gasteiger partial charge in [-0.05, 0) is 35.7 Å². The highest BCUT2D eigenvalue weighted by atomic mass is 35.5. The molecule has 0 aliphatic rings. The highest BCUT2D eigenvalue weighted by molar-refractivity contribution is 6.36. The van der Waals surface area contributed by atoms with Crippen LogP contribution in [-0.4, -0.2) is 26.8 Å². The number of ether oxygens (including phenoxy) is 1. The summed E-state index contributed by atoms with van der Waals surface area (Å²) in [6.45, 7) is 1.84. The maximum atomic E-state index is 13.2. The quantitative estimate of drug-likeness (QED) is 0.406. The van der Waals surface area contributed by atoms with Gasteiger partial charge in [0.1, 0.15) is 6.10 Å². The number of imidazole rings is 1. The molecule has 4 rings (SSSR count). The third kappa shape index (κ3) is 4.41. The van der Waals surface area contributed by atoms with Crippen molar-refractivity contribution >= 4 is 22.5 Å². The number of hydrogen-bond acceptors (Lipinski definition) is 4. The van der Waals surface area contributed by atoms with Crippen molar-refractivity contribution in [3.8, 4) is 5.88 Å². The first-order valence-corrected chi connectivity index (χ1v) is 10.4. The Balaban J connectivity index is 1.84. The highest BCUT2D eigenvalue weighted by Gasteiger charge is 2.30. The molecule has 0 spiro atoms. The molecule has 172 valence electrons. The van der Waals surface area contributed by atoms with Crippen molar-refractivity contribution in [3.63, 3.8) is 0 Å². The molecule has 0 aliphatic carbocycles. The van der Waals surface area contributed by atoms with E-state index in [4.69, 9.17) is 16.3 Å². The smallest absolute Gasteiger partial charge is 0.416 e. The summed E-state index contributed by atoms with van der Waals surface area (Å²) in [6, 6.07) is 8.63. The number of halogens is 4. The van der Waals surface area contributed by atoms with Crippen molar-refractivity contribution in [1.29, 1.82) is 0 Å². The summed E-state index contributed by atoms with van der Waals surface area (Å²) < 4.78 is 46.6. The Hall–Kier alpha value is -3.10. The summed E-state index contributed by atoms with van der Waals surface area (Å²) in [5.41, 5.74) is 2.73. The molecule has 1 N–H and O–H groups in total. The minimum absolute atomic E-state index is 0.0996. The zero-order valence-corrected chi connectivity index (χ0v) is 18.9. The minimum Gasteiger partial charge on any atom is -0.481 e. The lowest BCUT2D eigenvalue weighted by Gasteiger charge is -2.17. The van der Waals surface area contributed by atoms with Crippen LogP contribution in [-0.2, 0) is 19.6 Å². The Bertz CT molecular complexity index is 1330. The van der Waals surface area contributed by atoms with E-state index in [1.165, 1.54) is 13.2 Å². The molecule has 2 heterocycles. The third-order valence-corrected chi connectivity index (χ3v) is 6.01. The van der Waals surface area contributed by atoms with Gasteiger partial charge in [0.15, 0.2) is 0 Å². The maximum Gasteiger partial charge on any atom is 0.416 e. The van der Waals surface area contributed by atoms with Gasteiger partial charge in [-0.3, -0.25) is 0 Å². The third-order valence-electron chi connectivity index (χ3n) is 5.57. The van der Waals surface area contributed by atoms with E-state index in [2.05, 4.69) is 9.97 Å². The van der Waals surface area contributed by atoms with Gasteiger partial charge in [-0.25, -0.2) is 9.97 Å². The van der Waals surface area contributed by atoms with Crippen LogP contribution in [0.15, 0.2) is 48.9 Å². The number of benzene rings is 2. The molecule has 5 nitrogen and oxygen atoms in total. The van der Waals surface area contributed by atoms with Crippen molar-refractivity contribution in [1.82, 2.24) is 14.5 Å². The monoisotopic (exact) mass is 475 g/mol. The Labute approximate surface area is 193 Å². The van der Waals surface area contributed by atoms with Gasteiger partial charge in [-0.15, -0.1) is 0 Å². The van der Waals surface area contributed by atoms with Crippen molar-refractivity contribution in [2.24, 2.45) is 7.05 Å². The number of hydrogen-bond donors (Lipinski definition) is 1. The number of nitrogens with zero attached hydrogens (tertiary/aromatic N) is 3. The molecule has 0 aliphatic heterocycles. The molecule has 4 aromatic rings. The molecule has 33 heavy (non-hydrogen) atoms. The number of fused-ring (bicyclic) bond motifs is 1. The first-order valence-electron chi connectivity index (χ1n) is 10.1. The standard InChI is InChI=1S/C24H21ClF3N3O2/c1-13-7-15(22(32)19-11-29-12-31(19)2)10-17-20(25)18(23(33-3)30-21(13)17)9-14-5-4-6-16(8-14)24(26,27)28/h4-8,10-12,22,32H,9H2,1-3H3. The summed E-state index contributed by atoms with van der Waals surface area (Å²) >= 11 is 6.77. The summed E-state index contributed by atoms with van der Waals surface area (Å²) in [6.07, 6.45) is -2.11. The number of aromatic nitrogens is 3. The van der Waals surface area contributed by atoms with E-state index >= 15 is 0 Å². The number of methoxy groups -OCH3 is 1. The number of aryl methyl sites for hydroxylation is 2. The van der Waals surface area contributed by atoms with Gasteiger partial charge in [-0.2, -0.15) is 13.2 Å². The van der Waals surface area contributed by atoms with Gasteiger partial charge in [-0.1, -0.05) is 35.9 Å². The molecule has 1 unspecified atom stereocenters. The number of aliphatic hydroxyl groups excluding tert-OH is 1. The summed E-state index contributed by atoms with van der Waals surface area (Å²) in [7, 11) is 3.22. The molecule has 2 aromatic heterocycles. The van der Waals surface area contributed by atoms with E-state index in [9.17, 15) is 18.3 Å². The average Bonchev–Trinajstić information content (AvgIpc) is 3.20. The first-order chi connectivity index (χ1) is 15.6. The fourth-order valence-electron chi connectivity index (χ4n) is 3.89. The molecular weight excluding hydrogens is 455 g/mol. The molecule has 0 saturated carbocycles. The molecule has 0 bridgehead atoms. The topological polar surface area (TPSA) is 60.2 Å². The van der Waals surface area contributed by atoms with Gasteiger partial charge in [0.25, 0.3) is 0 Å². The van der Waals surface area contributed by atoms with Gasteiger partial charge in [0, 0.05) is 24.4 Å². The first kappa shape index (κ1) is 23.1. The van der Waals surface area contributed by atoms with Crippen LogP contribution >= 0.6 is 11.6 Å². The van der Waals surface area contributed by atoms with Crippen LogP contribution in [0.2, 0.25) is 5.02 Å². The maximum absolute atomic E-state index is 13.2. The predicted octanol–water partition coefficient (Wildman–Crippen LogP) is 5.63. The summed E-state index contributed by atoms with van der Waals surface area (Å²) in [4.78, 5) is 8.62. The molecule has 0 radical (unpaired) electrons. The second kappa shape index (κ2) is 8.68. The summed E-state index contributed by atoms with van der Waals surface area (Å²) in [5.74, 6) is 0.243. The Morgan fingerprint density at radius 2 is 1.97 bits per heavy atom. The Morgan fingerprint density at radius 3 is 2.61 bits per heavy atom. The molecule has 1 atom stereocenters. The normalized spacial score (nSPS) is 12.8. The number of aliphatic hydroxyl groups is 1. The molecule has 0 saturated heterocycles. The molecule has 9 heteroatoms. The predicted molar refractivity (Wildman–Crippen MR) is 120 cm³/mol. The SMILES string of the molecule is COc1nc2c(C)cc(C(O)c3cncn3C)cc2c(Cl)c1Cc1cccc(C(F)(F)F)c1. The van der Waals surface area contributed by atoms with Crippen LogP contribution in [0.1, 0.15) is 39.6 Å². The molecular formula is C24H21ClF3N3O2. The van der Waals surface area contributed by atoms with Gasteiger partial charge in [0.05, 0.1) is 41.4 Å². The lowest BCUT2D eigenvalue weighted by Crippen LogP contribution is -2.07. The Kier molecular flexibility index (Phi) is 6.07. The number of pyridine rings is 1. The van der Waals surface area contributed by atoms with Gasteiger partial charge in [0.2, 0.25) is 5.88 Å². The van der Waals surface area contributed by atoms with E-state index in [0.717, 1.165) is 17.7 Å². The van der Waals surface area contributed by atoms with Gasteiger partial charge < -0.3 is 14.4 Å². The zero-order valence-electron chi connectivity index (χ0n) is 18.1. The van der Waals surface area contributed by atoms with Crippen LogP contribution < -0.4 is 4.74 Å². The van der Waals surface area contributed by atoms with Crippen LogP contribution in [0.3, 0.4) is 0 Å². The van der Waals surface area contributed by atoms with Crippen molar-refractivity contribution < 1.29 is 23.0 Å². The zero-order chi connectivity index (χ0) is 23.9. The number of alkyl halides is 3. The van der Waals surface area contributed by atoms with Crippen LogP contribution in [0.25, 0.3) is 10.9 Å². The second-order valence-electron chi connectivity index (χ2n) is 7.85. The minimum atomic E-state index is -4.44. The summed E-state index contributed by atoms with van der Waals surface area (Å²) in [5, 5.41) is 11.8. The van der Waals surface area contributed by atoms with E-state index in [1.54, 1.807) is 36.3 Å². The fourth-order valence-corrected chi connectivity index (χ4v) is 4.18. The van der Waals surface area contributed by atoms with E-state index in [1.807, 2.05) is 13.0 Å². The van der Waals surface area contributed by atoms with Crippen molar-refractivity contribution in [3.05, 3.63) is 87.5 Å².